The Morgan fingerprint density at radius 3 is 2.93 bits per heavy atom. The van der Waals surface area contributed by atoms with Crippen LogP contribution in [-0.4, -0.2) is 14.8 Å². The molecule has 2 aromatic rings. The Bertz CT molecular complexity index is 433. The molecule has 4 heteroatoms. The number of hydrogen-bond acceptors (Lipinski definition) is 3. The summed E-state index contributed by atoms with van der Waals surface area (Å²) in [7, 11) is 0. The SMILES string of the molecule is Cc1cccc(-n2cnc(CN)n2)c1. The normalized spacial score (nSPS) is 10.4. The second-order valence-electron chi connectivity index (χ2n) is 3.15. The Balaban J connectivity index is 2.39. The molecule has 0 aliphatic heterocycles. The van der Waals surface area contributed by atoms with Gasteiger partial charge in [-0.2, -0.15) is 0 Å². The van der Waals surface area contributed by atoms with Crippen LogP contribution in [0.3, 0.4) is 0 Å². The highest BCUT2D eigenvalue weighted by molar-refractivity contribution is 5.33. The number of aromatic nitrogens is 3. The molecule has 0 fully saturated rings. The lowest BCUT2D eigenvalue weighted by Crippen LogP contribution is -2.01. The Labute approximate surface area is 82.4 Å². The first-order valence-electron chi connectivity index (χ1n) is 4.47. The lowest BCUT2D eigenvalue weighted by Gasteiger charge is -2.00. The number of nitrogens with zero attached hydrogens (tertiary/aromatic N) is 3. The summed E-state index contributed by atoms with van der Waals surface area (Å²) in [6.07, 6.45) is 1.68. The molecule has 0 spiro atoms. The van der Waals surface area contributed by atoms with Gasteiger partial charge in [0.05, 0.1) is 12.2 Å². The molecule has 0 saturated carbocycles. The maximum Gasteiger partial charge on any atom is 0.164 e. The molecule has 0 bridgehead atoms. The highest BCUT2D eigenvalue weighted by Crippen LogP contribution is 2.08. The van der Waals surface area contributed by atoms with Crippen molar-refractivity contribution in [1.29, 1.82) is 0 Å². The van der Waals surface area contributed by atoms with Crippen molar-refractivity contribution in [3.63, 3.8) is 0 Å². The summed E-state index contributed by atoms with van der Waals surface area (Å²) in [5.41, 5.74) is 7.65. The van der Waals surface area contributed by atoms with Gasteiger partial charge >= 0.3 is 0 Å². The van der Waals surface area contributed by atoms with Crippen LogP contribution >= 0.6 is 0 Å². The monoisotopic (exact) mass is 188 g/mol. The van der Waals surface area contributed by atoms with Crippen LogP contribution in [0.2, 0.25) is 0 Å². The summed E-state index contributed by atoms with van der Waals surface area (Å²) in [4.78, 5) is 4.07. The third-order valence-corrected chi connectivity index (χ3v) is 1.99. The van der Waals surface area contributed by atoms with Crippen molar-refractivity contribution in [3.05, 3.63) is 42.0 Å². The molecule has 0 amide bonds. The van der Waals surface area contributed by atoms with E-state index in [0.29, 0.717) is 12.4 Å². The van der Waals surface area contributed by atoms with Crippen molar-refractivity contribution in [1.82, 2.24) is 14.8 Å². The zero-order valence-electron chi connectivity index (χ0n) is 8.01. The number of nitrogens with two attached hydrogens (primary N) is 1. The van der Waals surface area contributed by atoms with Crippen molar-refractivity contribution in [3.8, 4) is 5.69 Å². The molecule has 0 aliphatic rings. The van der Waals surface area contributed by atoms with E-state index >= 15 is 0 Å². The van der Waals surface area contributed by atoms with Gasteiger partial charge in [-0.1, -0.05) is 12.1 Å². The van der Waals surface area contributed by atoms with Crippen molar-refractivity contribution >= 4 is 0 Å². The fraction of sp³-hybridized carbons (Fsp3) is 0.200. The topological polar surface area (TPSA) is 56.7 Å². The minimum atomic E-state index is 0.374. The highest BCUT2D eigenvalue weighted by atomic mass is 15.3. The van der Waals surface area contributed by atoms with Gasteiger partial charge in [0.1, 0.15) is 6.33 Å². The fourth-order valence-electron chi connectivity index (χ4n) is 1.29. The van der Waals surface area contributed by atoms with Gasteiger partial charge in [-0.15, -0.1) is 5.10 Å². The first-order valence-corrected chi connectivity index (χ1v) is 4.47. The highest BCUT2D eigenvalue weighted by Gasteiger charge is 2.00. The molecular formula is C10H12N4. The van der Waals surface area contributed by atoms with E-state index in [0.717, 1.165) is 5.69 Å². The molecular weight excluding hydrogens is 176 g/mol. The largest absolute Gasteiger partial charge is 0.324 e. The number of rotatable bonds is 2. The van der Waals surface area contributed by atoms with Crippen molar-refractivity contribution in [2.24, 2.45) is 5.73 Å². The molecule has 1 aromatic carbocycles. The van der Waals surface area contributed by atoms with Gasteiger partial charge in [0.2, 0.25) is 0 Å². The van der Waals surface area contributed by atoms with Crippen LogP contribution in [0.25, 0.3) is 5.69 Å². The van der Waals surface area contributed by atoms with E-state index in [2.05, 4.69) is 16.1 Å². The van der Waals surface area contributed by atoms with E-state index < -0.39 is 0 Å². The van der Waals surface area contributed by atoms with Crippen LogP contribution in [0.1, 0.15) is 11.4 Å². The zero-order valence-corrected chi connectivity index (χ0v) is 8.01. The Morgan fingerprint density at radius 1 is 1.43 bits per heavy atom. The van der Waals surface area contributed by atoms with Crippen LogP contribution in [0.4, 0.5) is 0 Å². The zero-order chi connectivity index (χ0) is 9.97. The predicted octanol–water partition coefficient (Wildman–Crippen LogP) is 1.03. The summed E-state index contributed by atoms with van der Waals surface area (Å²) in [6, 6.07) is 8.08. The summed E-state index contributed by atoms with van der Waals surface area (Å²) in [5.74, 6) is 0.659. The van der Waals surface area contributed by atoms with E-state index in [9.17, 15) is 0 Å². The Morgan fingerprint density at radius 2 is 2.29 bits per heavy atom. The van der Waals surface area contributed by atoms with Gasteiger partial charge < -0.3 is 5.73 Å². The van der Waals surface area contributed by atoms with E-state index in [1.54, 1.807) is 11.0 Å². The van der Waals surface area contributed by atoms with Crippen LogP contribution in [0.5, 0.6) is 0 Å². The average Bonchev–Trinajstić information content (AvgIpc) is 2.66. The number of hydrogen-bond donors (Lipinski definition) is 1. The maximum absolute atomic E-state index is 5.43. The van der Waals surface area contributed by atoms with E-state index in [-0.39, 0.29) is 0 Å². The lowest BCUT2D eigenvalue weighted by atomic mass is 10.2. The molecule has 0 unspecified atom stereocenters. The minimum absolute atomic E-state index is 0.374. The molecule has 2 N–H and O–H groups in total. The van der Waals surface area contributed by atoms with Crippen molar-refractivity contribution in [2.45, 2.75) is 13.5 Å². The molecule has 14 heavy (non-hydrogen) atoms. The lowest BCUT2D eigenvalue weighted by molar-refractivity contribution is 0.830. The van der Waals surface area contributed by atoms with Gasteiger partial charge in [0, 0.05) is 0 Å². The predicted molar refractivity (Wildman–Crippen MR) is 54.0 cm³/mol. The van der Waals surface area contributed by atoms with Crippen LogP contribution in [0, 0.1) is 6.92 Å². The van der Waals surface area contributed by atoms with Gasteiger partial charge in [-0.05, 0) is 24.6 Å². The molecule has 2 rings (SSSR count). The molecule has 1 heterocycles. The summed E-state index contributed by atoms with van der Waals surface area (Å²) in [6.45, 7) is 2.42. The van der Waals surface area contributed by atoms with E-state index in [4.69, 9.17) is 5.73 Å². The van der Waals surface area contributed by atoms with Gasteiger partial charge in [-0.3, -0.25) is 0 Å². The van der Waals surface area contributed by atoms with Crippen LogP contribution in [-0.2, 0) is 6.54 Å². The summed E-state index contributed by atoms with van der Waals surface area (Å²) < 4.78 is 1.73. The average molecular weight is 188 g/mol. The van der Waals surface area contributed by atoms with Gasteiger partial charge in [-0.25, -0.2) is 9.67 Å². The van der Waals surface area contributed by atoms with Gasteiger partial charge in [0.15, 0.2) is 5.82 Å². The van der Waals surface area contributed by atoms with E-state index in [1.807, 2.05) is 25.1 Å². The molecule has 0 atom stereocenters. The second kappa shape index (κ2) is 3.59. The number of aryl methyl sites for hydroxylation is 1. The fourth-order valence-corrected chi connectivity index (χ4v) is 1.29. The van der Waals surface area contributed by atoms with E-state index in [1.165, 1.54) is 5.56 Å². The van der Waals surface area contributed by atoms with Crippen molar-refractivity contribution in [2.75, 3.05) is 0 Å². The Hall–Kier alpha value is -1.68. The summed E-state index contributed by atoms with van der Waals surface area (Å²) in [5, 5.41) is 4.22. The molecule has 0 radical (unpaired) electrons. The van der Waals surface area contributed by atoms with Crippen LogP contribution < -0.4 is 5.73 Å². The molecule has 1 aromatic heterocycles. The molecule has 0 aliphatic carbocycles. The molecule has 72 valence electrons. The van der Waals surface area contributed by atoms with Gasteiger partial charge in [0.25, 0.3) is 0 Å². The summed E-state index contributed by atoms with van der Waals surface area (Å²) >= 11 is 0. The smallest absolute Gasteiger partial charge is 0.164 e. The quantitative estimate of drug-likeness (QED) is 0.766. The first-order chi connectivity index (χ1) is 6.79. The maximum atomic E-state index is 5.43. The molecule has 4 nitrogen and oxygen atoms in total. The standard InChI is InChI=1S/C10H12N4/c1-8-3-2-4-9(5-8)14-7-12-10(6-11)13-14/h2-5,7H,6,11H2,1H3. The second-order valence-corrected chi connectivity index (χ2v) is 3.15. The molecule has 0 saturated heterocycles. The first kappa shape index (κ1) is 8.90. The third-order valence-electron chi connectivity index (χ3n) is 1.99. The minimum Gasteiger partial charge on any atom is -0.324 e. The Kier molecular flexibility index (Phi) is 2.28. The number of benzene rings is 1. The van der Waals surface area contributed by atoms with Crippen LogP contribution in [0.15, 0.2) is 30.6 Å². The van der Waals surface area contributed by atoms with Crippen molar-refractivity contribution < 1.29 is 0 Å². The third kappa shape index (κ3) is 1.65.